The van der Waals surface area contributed by atoms with Gasteiger partial charge >= 0.3 is 6.03 Å². The number of urea groups is 1. The van der Waals surface area contributed by atoms with Crippen molar-refractivity contribution in [1.29, 1.82) is 0 Å². The van der Waals surface area contributed by atoms with Crippen molar-refractivity contribution in [2.45, 2.75) is 12.3 Å². The van der Waals surface area contributed by atoms with Gasteiger partial charge in [0.25, 0.3) is 0 Å². The molecule has 2 amide bonds. The number of nitrogens with one attached hydrogen (secondary N) is 1. The lowest BCUT2D eigenvalue weighted by molar-refractivity contribution is 0.222. The van der Waals surface area contributed by atoms with Gasteiger partial charge in [-0.05, 0) is 24.1 Å². The number of likely N-dealkylation sites (tertiary alicyclic amines) is 1. The van der Waals surface area contributed by atoms with Gasteiger partial charge in [0, 0.05) is 19.0 Å². The van der Waals surface area contributed by atoms with Crippen LogP contribution in [0.15, 0.2) is 54.6 Å². The summed E-state index contributed by atoms with van der Waals surface area (Å²) >= 11 is 6.07. The molecular formula is C17H17ClN2O. The predicted molar refractivity (Wildman–Crippen MR) is 85.8 cm³/mol. The van der Waals surface area contributed by atoms with E-state index in [9.17, 15) is 4.79 Å². The molecule has 1 aliphatic heterocycles. The highest BCUT2D eigenvalue weighted by Crippen LogP contribution is 2.28. The van der Waals surface area contributed by atoms with Crippen LogP contribution in [0, 0.1) is 0 Å². The zero-order valence-electron chi connectivity index (χ0n) is 11.6. The second-order valence-corrected chi connectivity index (χ2v) is 5.66. The van der Waals surface area contributed by atoms with Gasteiger partial charge in [0.05, 0.1) is 10.7 Å². The van der Waals surface area contributed by atoms with Crippen LogP contribution in [-0.4, -0.2) is 24.0 Å². The van der Waals surface area contributed by atoms with Crippen molar-refractivity contribution >= 4 is 23.3 Å². The van der Waals surface area contributed by atoms with Gasteiger partial charge in [-0.25, -0.2) is 4.79 Å². The van der Waals surface area contributed by atoms with Crippen molar-refractivity contribution in [3.05, 3.63) is 65.2 Å². The average molecular weight is 301 g/mol. The molecule has 2 aromatic rings. The van der Waals surface area contributed by atoms with Crippen molar-refractivity contribution in [1.82, 2.24) is 4.90 Å². The molecule has 1 heterocycles. The lowest BCUT2D eigenvalue weighted by Crippen LogP contribution is -2.32. The first-order valence-corrected chi connectivity index (χ1v) is 7.47. The molecule has 0 saturated carbocycles. The summed E-state index contributed by atoms with van der Waals surface area (Å²) in [4.78, 5) is 14.1. The molecule has 1 atom stereocenters. The maximum Gasteiger partial charge on any atom is 0.321 e. The Kier molecular flexibility index (Phi) is 4.11. The highest BCUT2D eigenvalue weighted by atomic mass is 35.5. The first kappa shape index (κ1) is 14.0. The SMILES string of the molecule is O=C(Nc1ccccc1Cl)N1CC[C@@H](c2ccccc2)C1. The summed E-state index contributed by atoms with van der Waals surface area (Å²) in [5.74, 6) is 0.420. The molecule has 4 heteroatoms. The number of nitrogens with zero attached hydrogens (tertiary/aromatic N) is 1. The third-order valence-electron chi connectivity index (χ3n) is 3.86. The first-order valence-electron chi connectivity index (χ1n) is 7.09. The molecule has 1 saturated heterocycles. The number of anilines is 1. The first-order chi connectivity index (χ1) is 10.2. The fraction of sp³-hybridized carbons (Fsp3) is 0.235. The Bertz CT molecular complexity index is 630. The Hall–Kier alpha value is -2.00. The molecule has 0 spiro atoms. The number of halogens is 1. The lowest BCUT2D eigenvalue weighted by atomic mass is 9.99. The van der Waals surface area contributed by atoms with Gasteiger partial charge in [0.2, 0.25) is 0 Å². The number of hydrogen-bond donors (Lipinski definition) is 1. The summed E-state index contributed by atoms with van der Waals surface area (Å²) in [5.41, 5.74) is 1.96. The highest BCUT2D eigenvalue weighted by molar-refractivity contribution is 6.33. The van der Waals surface area contributed by atoms with E-state index in [0.717, 1.165) is 19.5 Å². The minimum Gasteiger partial charge on any atom is -0.324 e. The molecular weight excluding hydrogens is 284 g/mol. The predicted octanol–water partition coefficient (Wildman–Crippen LogP) is 4.36. The second kappa shape index (κ2) is 6.19. The monoisotopic (exact) mass is 300 g/mol. The number of carbonyl (C=O) groups excluding carboxylic acids is 1. The Morgan fingerprint density at radius 2 is 1.81 bits per heavy atom. The minimum absolute atomic E-state index is 0.0819. The van der Waals surface area contributed by atoms with Crippen LogP contribution in [0.2, 0.25) is 5.02 Å². The van der Waals surface area contributed by atoms with E-state index in [1.165, 1.54) is 5.56 Å². The zero-order valence-corrected chi connectivity index (χ0v) is 12.4. The minimum atomic E-state index is -0.0819. The van der Waals surface area contributed by atoms with E-state index in [-0.39, 0.29) is 6.03 Å². The largest absolute Gasteiger partial charge is 0.324 e. The summed E-state index contributed by atoms with van der Waals surface area (Å²) in [5, 5.41) is 3.44. The van der Waals surface area contributed by atoms with Gasteiger partial charge in [-0.15, -0.1) is 0 Å². The van der Waals surface area contributed by atoms with Crippen LogP contribution in [0.3, 0.4) is 0 Å². The molecule has 0 aliphatic carbocycles. The molecule has 2 aromatic carbocycles. The van der Waals surface area contributed by atoms with E-state index < -0.39 is 0 Å². The van der Waals surface area contributed by atoms with Crippen molar-refractivity contribution in [3.8, 4) is 0 Å². The van der Waals surface area contributed by atoms with Gasteiger partial charge in [-0.1, -0.05) is 54.1 Å². The van der Waals surface area contributed by atoms with Gasteiger partial charge < -0.3 is 10.2 Å². The number of amides is 2. The van der Waals surface area contributed by atoms with Crippen molar-refractivity contribution in [3.63, 3.8) is 0 Å². The fourth-order valence-electron chi connectivity index (χ4n) is 2.70. The van der Waals surface area contributed by atoms with E-state index in [1.807, 2.05) is 41.3 Å². The van der Waals surface area contributed by atoms with E-state index in [4.69, 9.17) is 11.6 Å². The summed E-state index contributed by atoms with van der Waals surface area (Å²) in [7, 11) is 0. The maximum absolute atomic E-state index is 12.3. The van der Waals surface area contributed by atoms with Gasteiger partial charge in [0.1, 0.15) is 0 Å². The smallest absolute Gasteiger partial charge is 0.321 e. The Balaban J connectivity index is 1.64. The third kappa shape index (κ3) is 3.19. The molecule has 21 heavy (non-hydrogen) atoms. The van der Waals surface area contributed by atoms with Crippen LogP contribution in [0.1, 0.15) is 17.9 Å². The molecule has 0 aromatic heterocycles. The number of carbonyl (C=O) groups is 1. The van der Waals surface area contributed by atoms with Gasteiger partial charge in [-0.3, -0.25) is 0 Å². The molecule has 108 valence electrons. The van der Waals surface area contributed by atoms with Crippen LogP contribution in [0.25, 0.3) is 0 Å². The van der Waals surface area contributed by atoms with E-state index >= 15 is 0 Å². The number of rotatable bonds is 2. The highest BCUT2D eigenvalue weighted by Gasteiger charge is 2.27. The molecule has 0 unspecified atom stereocenters. The second-order valence-electron chi connectivity index (χ2n) is 5.25. The van der Waals surface area contributed by atoms with E-state index in [2.05, 4.69) is 17.4 Å². The molecule has 1 N–H and O–H groups in total. The number of para-hydroxylation sites is 1. The summed E-state index contributed by atoms with van der Waals surface area (Å²) in [6.07, 6.45) is 1.000. The van der Waals surface area contributed by atoms with Gasteiger partial charge in [-0.2, -0.15) is 0 Å². The topological polar surface area (TPSA) is 32.3 Å². The maximum atomic E-state index is 12.3. The standard InChI is InChI=1S/C17H17ClN2O/c18-15-8-4-5-9-16(15)19-17(21)20-11-10-14(12-20)13-6-2-1-3-7-13/h1-9,14H,10-12H2,(H,19,21)/t14-/m1/s1. The average Bonchev–Trinajstić information content (AvgIpc) is 3.00. The zero-order chi connectivity index (χ0) is 14.7. The summed E-state index contributed by atoms with van der Waals surface area (Å²) in [6, 6.07) is 17.6. The van der Waals surface area contributed by atoms with E-state index in [0.29, 0.717) is 16.6 Å². The lowest BCUT2D eigenvalue weighted by Gasteiger charge is -2.18. The Labute approximate surface area is 129 Å². The Morgan fingerprint density at radius 1 is 1.10 bits per heavy atom. The third-order valence-corrected chi connectivity index (χ3v) is 4.19. The molecule has 0 radical (unpaired) electrons. The summed E-state index contributed by atoms with van der Waals surface area (Å²) in [6.45, 7) is 1.52. The van der Waals surface area contributed by atoms with Crippen LogP contribution < -0.4 is 5.32 Å². The van der Waals surface area contributed by atoms with Crippen LogP contribution in [0.5, 0.6) is 0 Å². The van der Waals surface area contributed by atoms with Crippen molar-refractivity contribution < 1.29 is 4.79 Å². The molecule has 1 fully saturated rings. The van der Waals surface area contributed by atoms with Crippen molar-refractivity contribution in [2.24, 2.45) is 0 Å². The fourth-order valence-corrected chi connectivity index (χ4v) is 2.88. The number of hydrogen-bond acceptors (Lipinski definition) is 1. The summed E-state index contributed by atoms with van der Waals surface area (Å²) < 4.78 is 0. The van der Waals surface area contributed by atoms with Crippen LogP contribution in [0.4, 0.5) is 10.5 Å². The Morgan fingerprint density at radius 3 is 2.57 bits per heavy atom. The van der Waals surface area contributed by atoms with Crippen LogP contribution in [-0.2, 0) is 0 Å². The quantitative estimate of drug-likeness (QED) is 0.878. The molecule has 0 bridgehead atoms. The van der Waals surface area contributed by atoms with E-state index in [1.54, 1.807) is 6.07 Å². The molecule has 3 nitrogen and oxygen atoms in total. The number of benzene rings is 2. The molecule has 3 rings (SSSR count). The normalized spacial score (nSPS) is 17.8. The van der Waals surface area contributed by atoms with Gasteiger partial charge in [0.15, 0.2) is 0 Å². The van der Waals surface area contributed by atoms with Crippen molar-refractivity contribution in [2.75, 3.05) is 18.4 Å². The van der Waals surface area contributed by atoms with Crippen LogP contribution >= 0.6 is 11.6 Å². The molecule has 1 aliphatic rings.